The number of hydrogen-bond acceptors (Lipinski definition) is 4. The lowest BCUT2D eigenvalue weighted by Gasteiger charge is -2.29. The Bertz CT molecular complexity index is 1300. The van der Waals surface area contributed by atoms with Gasteiger partial charge in [0.25, 0.3) is 0 Å². The number of benzene rings is 3. The summed E-state index contributed by atoms with van der Waals surface area (Å²) in [6.07, 6.45) is 7.81. The molecule has 1 aliphatic rings. The van der Waals surface area contributed by atoms with E-state index in [1.807, 2.05) is 0 Å². The molecule has 0 heterocycles. The van der Waals surface area contributed by atoms with E-state index in [0.29, 0.717) is 29.9 Å². The van der Waals surface area contributed by atoms with Gasteiger partial charge in [0.1, 0.15) is 17.3 Å². The third-order valence-corrected chi connectivity index (χ3v) is 7.20. The molecule has 4 rings (SSSR count). The van der Waals surface area contributed by atoms with Crippen LogP contribution in [0.1, 0.15) is 73.7 Å². The Kier molecular flexibility index (Phi) is 10.4. The first-order chi connectivity index (χ1) is 19.4. The lowest BCUT2D eigenvalue weighted by molar-refractivity contribution is 0.0230. The number of carbonyl (C=O) groups excluding carboxylic acids is 1. The van der Waals surface area contributed by atoms with Crippen molar-refractivity contribution < 1.29 is 32.2 Å². The fourth-order valence-corrected chi connectivity index (χ4v) is 4.91. The summed E-state index contributed by atoms with van der Waals surface area (Å²) >= 11 is 0. The Morgan fingerprint density at radius 2 is 1.65 bits per heavy atom. The van der Waals surface area contributed by atoms with E-state index in [1.165, 1.54) is 36.4 Å². The zero-order valence-corrected chi connectivity index (χ0v) is 22.8. The van der Waals surface area contributed by atoms with Gasteiger partial charge in [-0.25, -0.2) is 18.0 Å². The number of halogens is 3. The number of rotatable bonds is 12. The Labute approximate surface area is 233 Å². The summed E-state index contributed by atoms with van der Waals surface area (Å²) in [4.78, 5) is 12.5. The predicted molar refractivity (Wildman–Crippen MR) is 149 cm³/mol. The molecule has 40 heavy (non-hydrogen) atoms. The Morgan fingerprint density at radius 1 is 0.925 bits per heavy atom. The van der Waals surface area contributed by atoms with Crippen LogP contribution in [0.3, 0.4) is 0 Å². The second-order valence-corrected chi connectivity index (χ2v) is 10.0. The Morgan fingerprint density at radius 3 is 2.33 bits per heavy atom. The van der Waals surface area contributed by atoms with Crippen molar-refractivity contribution in [3.05, 3.63) is 95.8 Å². The van der Waals surface area contributed by atoms with Crippen molar-refractivity contribution in [3.63, 3.8) is 0 Å². The molecule has 0 atom stereocenters. The quantitative estimate of drug-likeness (QED) is 0.0975. The van der Waals surface area contributed by atoms with E-state index in [1.54, 1.807) is 18.2 Å². The van der Waals surface area contributed by atoms with Crippen molar-refractivity contribution in [1.29, 1.82) is 0 Å². The van der Waals surface area contributed by atoms with Crippen LogP contribution in [0.5, 0.6) is 11.5 Å². The summed E-state index contributed by atoms with van der Waals surface area (Å²) < 4.78 is 61.3. The van der Waals surface area contributed by atoms with E-state index in [0.717, 1.165) is 51.2 Å². The number of hydrogen-bond donors (Lipinski definition) is 0. The first-order valence-corrected chi connectivity index (χ1v) is 13.9. The van der Waals surface area contributed by atoms with E-state index in [4.69, 9.17) is 14.2 Å². The van der Waals surface area contributed by atoms with Crippen molar-refractivity contribution in [2.75, 3.05) is 13.2 Å². The van der Waals surface area contributed by atoms with Gasteiger partial charge < -0.3 is 14.2 Å². The Hall–Kier alpha value is -3.58. The lowest BCUT2D eigenvalue weighted by Crippen LogP contribution is -2.22. The van der Waals surface area contributed by atoms with Crippen LogP contribution >= 0.6 is 0 Å². The first kappa shape index (κ1) is 29.4. The highest BCUT2D eigenvalue weighted by molar-refractivity contribution is 5.91. The number of carbonyl (C=O) groups is 1. The van der Waals surface area contributed by atoms with E-state index in [9.17, 15) is 9.18 Å². The fourth-order valence-electron chi connectivity index (χ4n) is 4.91. The van der Waals surface area contributed by atoms with Gasteiger partial charge in [-0.3, -0.25) is 0 Å². The zero-order chi connectivity index (χ0) is 28.5. The molecule has 0 amide bonds. The summed E-state index contributed by atoms with van der Waals surface area (Å²) in [5.41, 5.74) is 0.708. The molecule has 4 nitrogen and oxygen atoms in total. The number of unbranched alkanes of at least 4 members (excludes halogenated alkanes) is 1. The minimum absolute atomic E-state index is 0.0375. The highest BCUT2D eigenvalue weighted by atomic mass is 19.2. The number of esters is 1. The van der Waals surface area contributed by atoms with Crippen LogP contribution in [0.4, 0.5) is 13.2 Å². The lowest BCUT2D eigenvalue weighted by atomic mass is 9.82. The summed E-state index contributed by atoms with van der Waals surface area (Å²) in [5.74, 6) is -2.97. The first-order valence-electron chi connectivity index (χ1n) is 13.9. The molecule has 0 spiro atoms. The average Bonchev–Trinajstić information content (AvgIpc) is 2.96. The molecule has 0 saturated heterocycles. The largest absolute Gasteiger partial charge is 0.493 e. The van der Waals surface area contributed by atoms with Crippen molar-refractivity contribution in [2.45, 2.75) is 63.9 Å². The van der Waals surface area contributed by atoms with Crippen LogP contribution in [0.2, 0.25) is 0 Å². The average molecular weight is 553 g/mol. The second-order valence-electron chi connectivity index (χ2n) is 10.0. The minimum atomic E-state index is -0.902. The molecule has 0 bridgehead atoms. The van der Waals surface area contributed by atoms with Gasteiger partial charge in [0.15, 0.2) is 11.6 Å². The molecule has 1 aliphatic carbocycles. The smallest absolute Gasteiger partial charge is 0.346 e. The molecule has 0 aliphatic heterocycles. The van der Waals surface area contributed by atoms with Gasteiger partial charge in [0.2, 0.25) is 0 Å². The molecule has 3 aromatic rings. The molecule has 3 aromatic carbocycles. The van der Waals surface area contributed by atoms with E-state index >= 15 is 8.78 Å². The van der Waals surface area contributed by atoms with Crippen LogP contribution in [0.15, 0.2) is 67.3 Å². The summed E-state index contributed by atoms with van der Waals surface area (Å²) in [6, 6.07) is 13.1. The molecule has 0 N–H and O–H groups in total. The standard InChI is InChI=1S/C33H35F3O4/c1-3-5-19-38-24-11-7-22(8-12-24)27-17-18-28(32(36)31(27)35)23-9-13-25(14-10-23)40-33(37)29-16-15-26(21-30(29)34)39-20-6-4-2/h4,9-10,13-18,21-22,24H,2-3,5-8,11-12,19-20H2,1H3. The highest BCUT2D eigenvalue weighted by Gasteiger charge is 2.27. The van der Waals surface area contributed by atoms with Crippen LogP contribution in [-0.2, 0) is 4.74 Å². The summed E-state index contributed by atoms with van der Waals surface area (Å²) in [6.45, 7) is 6.81. The van der Waals surface area contributed by atoms with E-state index in [-0.39, 0.29) is 28.9 Å². The van der Waals surface area contributed by atoms with Gasteiger partial charge in [-0.1, -0.05) is 43.7 Å². The van der Waals surface area contributed by atoms with Gasteiger partial charge in [0, 0.05) is 18.2 Å². The summed E-state index contributed by atoms with van der Waals surface area (Å²) in [7, 11) is 0. The molecular weight excluding hydrogens is 517 g/mol. The van der Waals surface area contributed by atoms with Gasteiger partial charge in [-0.15, -0.1) is 6.58 Å². The zero-order valence-electron chi connectivity index (χ0n) is 22.8. The van der Waals surface area contributed by atoms with Crippen LogP contribution in [0.25, 0.3) is 11.1 Å². The minimum Gasteiger partial charge on any atom is -0.493 e. The molecule has 0 aromatic heterocycles. The molecular formula is C33H35F3O4. The number of ether oxygens (including phenoxy) is 3. The topological polar surface area (TPSA) is 44.8 Å². The maximum atomic E-state index is 15.2. The maximum absolute atomic E-state index is 15.2. The van der Waals surface area contributed by atoms with E-state index < -0.39 is 23.4 Å². The fraction of sp³-hybridized carbons (Fsp3) is 0.364. The van der Waals surface area contributed by atoms with Crippen LogP contribution in [-0.4, -0.2) is 25.3 Å². The van der Waals surface area contributed by atoms with Crippen molar-refractivity contribution in [2.24, 2.45) is 0 Å². The highest BCUT2D eigenvalue weighted by Crippen LogP contribution is 2.38. The molecule has 0 radical (unpaired) electrons. The third-order valence-electron chi connectivity index (χ3n) is 7.20. The molecule has 212 valence electrons. The van der Waals surface area contributed by atoms with Crippen molar-refractivity contribution in [3.8, 4) is 22.6 Å². The van der Waals surface area contributed by atoms with Crippen molar-refractivity contribution in [1.82, 2.24) is 0 Å². The molecule has 0 unspecified atom stereocenters. The second kappa shape index (κ2) is 14.2. The molecule has 1 saturated carbocycles. The van der Waals surface area contributed by atoms with E-state index in [2.05, 4.69) is 13.5 Å². The van der Waals surface area contributed by atoms with Gasteiger partial charge in [0.05, 0.1) is 18.3 Å². The van der Waals surface area contributed by atoms with Crippen molar-refractivity contribution >= 4 is 5.97 Å². The van der Waals surface area contributed by atoms with Crippen LogP contribution < -0.4 is 9.47 Å². The SMILES string of the molecule is C=CCCOc1ccc(C(=O)Oc2ccc(-c3ccc(C4CCC(OCCCC)CC4)c(F)c3F)cc2)c(F)c1. The van der Waals surface area contributed by atoms with Crippen LogP contribution in [0, 0.1) is 17.5 Å². The Balaban J connectivity index is 1.38. The third kappa shape index (κ3) is 7.33. The summed E-state index contributed by atoms with van der Waals surface area (Å²) in [5, 5.41) is 0. The molecule has 1 fully saturated rings. The molecule has 7 heteroatoms. The van der Waals surface area contributed by atoms with Gasteiger partial charge in [-0.05, 0) is 79.8 Å². The monoisotopic (exact) mass is 552 g/mol. The maximum Gasteiger partial charge on any atom is 0.346 e. The van der Waals surface area contributed by atoms with Gasteiger partial charge >= 0.3 is 5.97 Å². The van der Waals surface area contributed by atoms with Gasteiger partial charge in [-0.2, -0.15) is 0 Å². The predicted octanol–water partition coefficient (Wildman–Crippen LogP) is 8.79. The normalized spacial score (nSPS) is 16.9.